The Bertz CT molecular complexity index is 720. The molecule has 0 aliphatic heterocycles. The van der Waals surface area contributed by atoms with Crippen molar-refractivity contribution in [1.29, 1.82) is 0 Å². The van der Waals surface area contributed by atoms with Gasteiger partial charge in [0, 0.05) is 23.3 Å². The molecule has 0 spiro atoms. The van der Waals surface area contributed by atoms with Gasteiger partial charge in [-0.3, -0.25) is 9.36 Å². The highest BCUT2D eigenvalue weighted by atomic mass is 127. The first-order valence-electron chi connectivity index (χ1n) is 5.30. The van der Waals surface area contributed by atoms with Gasteiger partial charge in [0.25, 0.3) is 5.56 Å². The van der Waals surface area contributed by atoms with Crippen LogP contribution in [0.15, 0.2) is 38.5 Å². The van der Waals surface area contributed by atoms with Gasteiger partial charge in [0.05, 0.1) is 10.1 Å². The molecule has 0 radical (unpaired) electrons. The average molecular weight is 439 g/mol. The molecule has 0 unspecified atom stereocenters. The van der Waals surface area contributed by atoms with Gasteiger partial charge in [0.2, 0.25) is 0 Å². The predicted octanol–water partition coefficient (Wildman–Crippen LogP) is 2.10. The van der Waals surface area contributed by atoms with E-state index in [4.69, 9.17) is 0 Å². The van der Waals surface area contributed by atoms with Crippen molar-refractivity contribution in [1.82, 2.24) is 9.13 Å². The fourth-order valence-electron chi connectivity index (χ4n) is 1.66. The Morgan fingerprint density at radius 3 is 2.74 bits per heavy atom. The Morgan fingerprint density at radius 2 is 2.05 bits per heavy atom. The Hall–Kier alpha value is -0.960. The second-order valence-corrected chi connectivity index (χ2v) is 6.08. The lowest BCUT2D eigenvalue weighted by Crippen LogP contribution is -2.40. The third kappa shape index (κ3) is 2.97. The highest BCUT2D eigenvalue weighted by Gasteiger charge is 2.11. The van der Waals surface area contributed by atoms with Crippen LogP contribution in [0.4, 0.5) is 4.39 Å². The van der Waals surface area contributed by atoms with E-state index in [1.54, 1.807) is 19.2 Å². The molecule has 19 heavy (non-hydrogen) atoms. The summed E-state index contributed by atoms with van der Waals surface area (Å²) in [5.74, 6) is -0.448. The molecule has 4 nitrogen and oxygen atoms in total. The lowest BCUT2D eigenvalue weighted by atomic mass is 10.2. The van der Waals surface area contributed by atoms with Crippen LogP contribution in [0.25, 0.3) is 0 Å². The third-order valence-corrected chi connectivity index (χ3v) is 3.86. The highest BCUT2D eigenvalue weighted by molar-refractivity contribution is 14.1. The summed E-state index contributed by atoms with van der Waals surface area (Å²) in [5, 5.41) is 0. The zero-order chi connectivity index (χ0) is 14.2. The minimum Gasteiger partial charge on any atom is -0.302 e. The van der Waals surface area contributed by atoms with Crippen molar-refractivity contribution in [2.75, 3.05) is 0 Å². The van der Waals surface area contributed by atoms with E-state index in [0.29, 0.717) is 8.04 Å². The van der Waals surface area contributed by atoms with Gasteiger partial charge in [-0.25, -0.2) is 9.18 Å². The molecule has 0 saturated heterocycles. The number of rotatable bonds is 2. The molecule has 1 heterocycles. The minimum atomic E-state index is -0.468. The topological polar surface area (TPSA) is 44.0 Å². The molecule has 0 amide bonds. The molecule has 0 bridgehead atoms. The number of halogens is 3. The zero-order valence-corrected chi connectivity index (χ0v) is 13.6. The largest absolute Gasteiger partial charge is 0.331 e. The zero-order valence-electron chi connectivity index (χ0n) is 9.86. The summed E-state index contributed by atoms with van der Waals surface area (Å²) in [6, 6.07) is 4.42. The standard InChI is InChI=1S/C12H9BrFIN2O2/c1-16-6-10(15)11(18)17(12(16)19)5-7-4-8(13)2-3-9(7)14/h2-4,6H,5H2,1H3. The molecule has 100 valence electrons. The maximum atomic E-state index is 13.7. The van der Waals surface area contributed by atoms with Crippen LogP contribution in [0.1, 0.15) is 5.56 Å². The van der Waals surface area contributed by atoms with Crippen molar-refractivity contribution in [3.63, 3.8) is 0 Å². The quantitative estimate of drug-likeness (QED) is 0.674. The Labute approximate surface area is 130 Å². The van der Waals surface area contributed by atoms with Gasteiger partial charge in [-0.1, -0.05) is 15.9 Å². The second-order valence-electron chi connectivity index (χ2n) is 4.00. The summed E-state index contributed by atoms with van der Waals surface area (Å²) >= 11 is 5.09. The molecule has 1 aromatic carbocycles. The molecule has 2 aromatic rings. The lowest BCUT2D eigenvalue weighted by molar-refractivity contribution is 0.576. The number of aryl methyl sites for hydroxylation is 1. The van der Waals surface area contributed by atoms with Crippen molar-refractivity contribution in [3.8, 4) is 0 Å². The summed E-state index contributed by atoms with van der Waals surface area (Å²) in [7, 11) is 1.55. The van der Waals surface area contributed by atoms with E-state index in [-0.39, 0.29) is 12.1 Å². The number of hydrogen-bond acceptors (Lipinski definition) is 2. The maximum absolute atomic E-state index is 13.7. The SMILES string of the molecule is Cn1cc(I)c(=O)n(Cc2cc(Br)ccc2F)c1=O. The van der Waals surface area contributed by atoms with E-state index >= 15 is 0 Å². The van der Waals surface area contributed by atoms with Gasteiger partial charge in [0.15, 0.2) is 0 Å². The van der Waals surface area contributed by atoms with E-state index in [2.05, 4.69) is 15.9 Å². The van der Waals surface area contributed by atoms with Crippen LogP contribution in [-0.2, 0) is 13.6 Å². The van der Waals surface area contributed by atoms with Gasteiger partial charge in [-0.2, -0.15) is 0 Å². The normalized spacial score (nSPS) is 10.7. The van der Waals surface area contributed by atoms with Crippen LogP contribution in [0.2, 0.25) is 0 Å². The average Bonchev–Trinajstić information content (AvgIpc) is 2.36. The van der Waals surface area contributed by atoms with Crippen molar-refractivity contribution >= 4 is 38.5 Å². The van der Waals surface area contributed by atoms with Gasteiger partial charge in [-0.05, 0) is 40.8 Å². The number of aromatic nitrogens is 2. The fourth-order valence-corrected chi connectivity index (χ4v) is 2.78. The summed E-state index contributed by atoms with van der Waals surface area (Å²) in [6.07, 6.45) is 1.46. The van der Waals surface area contributed by atoms with Crippen LogP contribution < -0.4 is 11.2 Å². The van der Waals surface area contributed by atoms with E-state index in [0.717, 1.165) is 4.57 Å². The fraction of sp³-hybridized carbons (Fsp3) is 0.167. The summed E-state index contributed by atoms with van der Waals surface area (Å²) in [6.45, 7) is -0.0897. The second kappa shape index (κ2) is 5.58. The first kappa shape index (κ1) is 14.4. The van der Waals surface area contributed by atoms with E-state index in [1.165, 1.54) is 16.8 Å². The van der Waals surface area contributed by atoms with Gasteiger partial charge in [0.1, 0.15) is 5.82 Å². The molecule has 0 saturated carbocycles. The summed E-state index contributed by atoms with van der Waals surface area (Å²) in [4.78, 5) is 23.9. The van der Waals surface area contributed by atoms with Gasteiger partial charge >= 0.3 is 5.69 Å². The first-order chi connectivity index (χ1) is 8.90. The Balaban J connectivity index is 2.59. The third-order valence-electron chi connectivity index (χ3n) is 2.63. The smallest absolute Gasteiger partial charge is 0.302 e. The lowest BCUT2D eigenvalue weighted by Gasteiger charge is -2.09. The molecular formula is C12H9BrFIN2O2. The Kier molecular flexibility index (Phi) is 4.24. The molecule has 0 fully saturated rings. The highest BCUT2D eigenvalue weighted by Crippen LogP contribution is 2.15. The van der Waals surface area contributed by atoms with Crippen molar-refractivity contribution < 1.29 is 4.39 Å². The number of nitrogens with zero attached hydrogens (tertiary/aromatic N) is 2. The van der Waals surface area contributed by atoms with E-state index < -0.39 is 17.1 Å². The van der Waals surface area contributed by atoms with Crippen LogP contribution in [0.5, 0.6) is 0 Å². The summed E-state index contributed by atoms with van der Waals surface area (Å²) < 4.78 is 17.1. The molecule has 1 aromatic heterocycles. The van der Waals surface area contributed by atoms with Crippen LogP contribution in [0.3, 0.4) is 0 Å². The monoisotopic (exact) mass is 438 g/mol. The predicted molar refractivity (Wildman–Crippen MR) is 81.9 cm³/mol. The van der Waals surface area contributed by atoms with Gasteiger partial charge < -0.3 is 4.57 Å². The number of benzene rings is 1. The summed E-state index contributed by atoms with van der Waals surface area (Å²) in [5.41, 5.74) is -0.594. The number of hydrogen-bond donors (Lipinski definition) is 0. The van der Waals surface area contributed by atoms with E-state index in [9.17, 15) is 14.0 Å². The van der Waals surface area contributed by atoms with Crippen molar-refractivity contribution in [2.45, 2.75) is 6.54 Å². The molecule has 0 aliphatic rings. The van der Waals surface area contributed by atoms with Crippen LogP contribution in [-0.4, -0.2) is 9.13 Å². The molecule has 7 heteroatoms. The molecule has 2 rings (SSSR count). The molecule has 0 atom stereocenters. The maximum Gasteiger partial charge on any atom is 0.331 e. The van der Waals surface area contributed by atoms with Crippen LogP contribution in [0, 0.1) is 9.39 Å². The van der Waals surface area contributed by atoms with Crippen molar-refractivity contribution in [3.05, 3.63) is 64.7 Å². The minimum absolute atomic E-state index is 0.0897. The van der Waals surface area contributed by atoms with Gasteiger partial charge in [-0.15, -0.1) is 0 Å². The van der Waals surface area contributed by atoms with Crippen molar-refractivity contribution in [2.24, 2.45) is 7.05 Å². The molecular weight excluding hydrogens is 430 g/mol. The van der Waals surface area contributed by atoms with Crippen LogP contribution >= 0.6 is 38.5 Å². The van der Waals surface area contributed by atoms with E-state index in [1.807, 2.05) is 22.6 Å². The molecule has 0 aliphatic carbocycles. The Morgan fingerprint density at radius 1 is 1.37 bits per heavy atom. The molecule has 0 N–H and O–H groups in total. The first-order valence-corrected chi connectivity index (χ1v) is 7.17.